The topological polar surface area (TPSA) is 136 Å². The first-order chi connectivity index (χ1) is 22.0. The van der Waals surface area contributed by atoms with Crippen LogP contribution >= 0.6 is 0 Å². The summed E-state index contributed by atoms with van der Waals surface area (Å²) in [4.78, 5) is 48.1. The van der Waals surface area contributed by atoms with Crippen LogP contribution in [0.1, 0.15) is 104 Å². The fraction of sp³-hybridized carbons (Fsp3) is 0.556. The lowest BCUT2D eigenvalue weighted by Gasteiger charge is -2.44. The second-order valence-corrected chi connectivity index (χ2v) is 16.9. The van der Waals surface area contributed by atoms with Gasteiger partial charge in [-0.25, -0.2) is 4.79 Å². The zero-order valence-corrected chi connectivity index (χ0v) is 28.7. The first kappa shape index (κ1) is 38.7. The van der Waals surface area contributed by atoms with E-state index < -0.39 is 43.3 Å². The highest BCUT2D eigenvalue weighted by Crippen LogP contribution is 2.38. The number of rotatable bonds is 23. The third-order valence-electron chi connectivity index (χ3n) is 7.93. The summed E-state index contributed by atoms with van der Waals surface area (Å²) in [5.74, 6) is -2.74. The van der Waals surface area contributed by atoms with Crippen LogP contribution < -0.4 is 10.4 Å². The van der Waals surface area contributed by atoms with E-state index in [0.717, 1.165) is 48.9 Å². The van der Waals surface area contributed by atoms with Gasteiger partial charge in [0.2, 0.25) is 0 Å². The molecule has 46 heavy (non-hydrogen) atoms. The van der Waals surface area contributed by atoms with Crippen molar-refractivity contribution in [1.82, 2.24) is 0 Å². The second-order valence-electron chi connectivity index (χ2n) is 12.7. The van der Waals surface area contributed by atoms with E-state index in [2.05, 4.69) is 20.8 Å². The van der Waals surface area contributed by atoms with E-state index >= 15 is 0 Å². The standard InChI is InChI=1S/C36H52O9Si/c1-36(2,3)46(29-20-12-10-13-21-29,30-22-14-11-15-23-30)45-31(35(42)44-27-19-9-5-7-17-25-33(39)40)28-34(41)43-26-18-8-4-6-16-24-32(37)38/h10-15,20-23,31H,4-9,16-19,24-28H2,1-3H3,(H,37,38)(H,39,40). The van der Waals surface area contributed by atoms with Crippen molar-refractivity contribution in [2.24, 2.45) is 0 Å². The number of carbonyl (C=O) groups excluding carboxylic acids is 2. The van der Waals surface area contributed by atoms with Gasteiger partial charge < -0.3 is 24.1 Å². The van der Waals surface area contributed by atoms with Gasteiger partial charge in [-0.1, -0.05) is 120 Å². The van der Waals surface area contributed by atoms with Crippen LogP contribution in [-0.2, 0) is 33.1 Å². The highest BCUT2D eigenvalue weighted by atomic mass is 28.4. The maximum atomic E-state index is 13.6. The minimum atomic E-state index is -3.18. The van der Waals surface area contributed by atoms with Gasteiger partial charge in [0.1, 0.15) is 0 Å². The van der Waals surface area contributed by atoms with Crippen molar-refractivity contribution in [3.63, 3.8) is 0 Å². The van der Waals surface area contributed by atoms with Gasteiger partial charge in [0.15, 0.2) is 6.10 Å². The summed E-state index contributed by atoms with van der Waals surface area (Å²) in [6.07, 6.45) is 6.30. The van der Waals surface area contributed by atoms with Crippen molar-refractivity contribution in [1.29, 1.82) is 0 Å². The molecule has 2 N–H and O–H groups in total. The third-order valence-corrected chi connectivity index (χ3v) is 13.0. The van der Waals surface area contributed by atoms with Gasteiger partial charge in [0.05, 0.1) is 19.6 Å². The van der Waals surface area contributed by atoms with Crippen molar-refractivity contribution in [3.8, 4) is 0 Å². The van der Waals surface area contributed by atoms with Crippen LogP contribution in [0.2, 0.25) is 5.04 Å². The number of aliphatic carboxylic acids is 2. The maximum Gasteiger partial charge on any atom is 0.334 e. The number of carbonyl (C=O) groups is 4. The first-order valence-electron chi connectivity index (χ1n) is 16.5. The molecule has 1 atom stereocenters. The van der Waals surface area contributed by atoms with Gasteiger partial charge in [0.25, 0.3) is 8.32 Å². The molecule has 0 saturated heterocycles. The minimum absolute atomic E-state index is 0.152. The smallest absolute Gasteiger partial charge is 0.334 e. The van der Waals surface area contributed by atoms with Crippen LogP contribution in [0.4, 0.5) is 0 Å². The van der Waals surface area contributed by atoms with E-state index in [1.807, 2.05) is 60.7 Å². The summed E-state index contributed by atoms with van der Waals surface area (Å²) < 4.78 is 18.2. The molecule has 0 saturated carbocycles. The van der Waals surface area contributed by atoms with E-state index in [4.69, 9.17) is 24.1 Å². The Hall–Kier alpha value is -3.50. The van der Waals surface area contributed by atoms with Gasteiger partial charge in [-0.3, -0.25) is 14.4 Å². The Kier molecular flexibility index (Phi) is 17.3. The Morgan fingerprint density at radius 1 is 0.630 bits per heavy atom. The minimum Gasteiger partial charge on any atom is -0.481 e. The largest absolute Gasteiger partial charge is 0.481 e. The Labute approximate surface area is 274 Å². The molecule has 0 amide bonds. The Bertz CT molecular complexity index is 1160. The average molecular weight is 657 g/mol. The normalized spacial score (nSPS) is 12.3. The van der Waals surface area contributed by atoms with Gasteiger partial charge in [-0.05, 0) is 41.1 Å². The van der Waals surface area contributed by atoms with E-state index in [1.54, 1.807) is 0 Å². The van der Waals surface area contributed by atoms with E-state index in [9.17, 15) is 19.2 Å². The quantitative estimate of drug-likeness (QED) is 0.0807. The molecule has 9 nitrogen and oxygen atoms in total. The van der Waals surface area contributed by atoms with Crippen molar-refractivity contribution >= 4 is 42.6 Å². The molecule has 0 spiro atoms. The molecule has 0 heterocycles. The fourth-order valence-corrected chi connectivity index (χ4v) is 10.2. The molecule has 2 aromatic carbocycles. The van der Waals surface area contributed by atoms with Gasteiger partial charge in [0, 0.05) is 12.8 Å². The molecule has 0 aliphatic heterocycles. The summed E-state index contributed by atoms with van der Waals surface area (Å²) in [5.41, 5.74) is 0. The van der Waals surface area contributed by atoms with E-state index in [0.29, 0.717) is 25.7 Å². The SMILES string of the molecule is CC(C)(C)[Si](OC(CC(=O)OCCCCCCCC(=O)O)C(=O)OCCCCCCCC(=O)O)(c1ccccc1)c1ccccc1. The van der Waals surface area contributed by atoms with Crippen molar-refractivity contribution < 1.29 is 43.3 Å². The highest BCUT2D eigenvalue weighted by Gasteiger charge is 2.52. The number of carboxylic acid groups (broad SMARTS) is 2. The molecule has 0 aliphatic rings. The van der Waals surface area contributed by atoms with E-state index in [1.165, 1.54) is 0 Å². The van der Waals surface area contributed by atoms with Crippen LogP contribution in [-0.4, -0.2) is 61.7 Å². The lowest BCUT2D eigenvalue weighted by molar-refractivity contribution is -0.159. The van der Waals surface area contributed by atoms with Crippen LogP contribution in [0, 0.1) is 0 Å². The second kappa shape index (κ2) is 20.6. The molecule has 254 valence electrons. The number of carboxylic acids is 2. The molecule has 1 unspecified atom stereocenters. The summed E-state index contributed by atoms with van der Waals surface area (Å²) in [6.45, 7) is 6.68. The van der Waals surface area contributed by atoms with Crippen LogP contribution in [0.3, 0.4) is 0 Å². The number of hydrogen-bond donors (Lipinski definition) is 2. The fourth-order valence-electron chi connectivity index (χ4n) is 5.56. The summed E-state index contributed by atoms with van der Waals surface area (Å²) in [5, 5.41) is 19.1. The number of hydrogen-bond acceptors (Lipinski definition) is 7. The summed E-state index contributed by atoms with van der Waals surface area (Å²) in [7, 11) is -3.18. The molecule has 2 aromatic rings. The molecular weight excluding hydrogens is 604 g/mol. The molecule has 0 bridgehead atoms. The Morgan fingerprint density at radius 3 is 1.48 bits per heavy atom. The molecule has 0 radical (unpaired) electrons. The molecule has 0 fully saturated rings. The number of benzene rings is 2. The Morgan fingerprint density at radius 2 is 1.04 bits per heavy atom. The van der Waals surface area contributed by atoms with Gasteiger partial charge >= 0.3 is 23.9 Å². The van der Waals surface area contributed by atoms with E-state index in [-0.39, 0.29) is 32.5 Å². The predicted molar refractivity (Wildman–Crippen MR) is 180 cm³/mol. The highest BCUT2D eigenvalue weighted by molar-refractivity contribution is 6.99. The zero-order valence-electron chi connectivity index (χ0n) is 27.7. The van der Waals surface area contributed by atoms with Crippen LogP contribution in [0.25, 0.3) is 0 Å². The van der Waals surface area contributed by atoms with Gasteiger partial charge in [-0.15, -0.1) is 0 Å². The van der Waals surface area contributed by atoms with Crippen molar-refractivity contribution in [2.45, 2.75) is 115 Å². The predicted octanol–water partition coefficient (Wildman–Crippen LogP) is 6.26. The zero-order chi connectivity index (χ0) is 33.8. The molecule has 10 heteroatoms. The van der Waals surface area contributed by atoms with Gasteiger partial charge in [-0.2, -0.15) is 0 Å². The lowest BCUT2D eigenvalue weighted by atomic mass is 10.1. The monoisotopic (exact) mass is 656 g/mol. The molecule has 0 aromatic heterocycles. The summed E-state index contributed by atoms with van der Waals surface area (Å²) in [6, 6.07) is 19.8. The number of esters is 2. The average Bonchev–Trinajstić information content (AvgIpc) is 3.01. The van der Waals surface area contributed by atoms with Crippen molar-refractivity contribution in [3.05, 3.63) is 60.7 Å². The molecule has 2 rings (SSSR count). The molecular formula is C36H52O9Si. The maximum absolute atomic E-state index is 13.6. The third kappa shape index (κ3) is 13.5. The number of unbranched alkanes of at least 4 members (excludes halogenated alkanes) is 8. The molecule has 0 aliphatic carbocycles. The van der Waals surface area contributed by atoms with Crippen molar-refractivity contribution in [2.75, 3.05) is 13.2 Å². The first-order valence-corrected chi connectivity index (χ1v) is 18.4. The van der Waals surface area contributed by atoms with Crippen LogP contribution in [0.15, 0.2) is 60.7 Å². The van der Waals surface area contributed by atoms with Crippen LogP contribution in [0.5, 0.6) is 0 Å². The lowest BCUT2D eigenvalue weighted by Crippen LogP contribution is -2.68. The summed E-state index contributed by atoms with van der Waals surface area (Å²) >= 11 is 0. The Balaban J connectivity index is 2.17. The number of ether oxygens (including phenoxy) is 2.